The monoisotopic (exact) mass is 426 g/mol. The number of nitrogens with one attached hydrogen (secondary N) is 1. The van der Waals surface area contributed by atoms with Crippen molar-refractivity contribution in [2.24, 2.45) is 0 Å². The standard InChI is InChI=1S/C22H22N2O5S/c1-15-5-8-18(9-6-15)30(26,27)24-14-21(22(25)23-13-17-4-3-11-28-17)29-20-12-16(2)7-10-19(20)24/h3-12,21H,13-14H2,1-2H3,(H,23,25). The van der Waals surface area contributed by atoms with Crippen molar-refractivity contribution < 1.29 is 22.4 Å². The van der Waals surface area contributed by atoms with Gasteiger partial charge in [0.05, 0.1) is 29.9 Å². The first-order valence-corrected chi connectivity index (χ1v) is 11.0. The minimum atomic E-state index is -3.87. The molecule has 1 unspecified atom stereocenters. The second kappa shape index (κ2) is 7.87. The van der Waals surface area contributed by atoms with Gasteiger partial charge in [-0.25, -0.2) is 8.42 Å². The quantitative estimate of drug-likeness (QED) is 0.677. The van der Waals surface area contributed by atoms with Crippen molar-refractivity contribution in [1.82, 2.24) is 5.32 Å². The number of amides is 1. The minimum Gasteiger partial charge on any atom is -0.476 e. The van der Waals surface area contributed by atoms with Crippen LogP contribution in [-0.2, 0) is 21.4 Å². The summed E-state index contributed by atoms with van der Waals surface area (Å²) in [4.78, 5) is 12.9. The van der Waals surface area contributed by atoms with E-state index in [2.05, 4.69) is 5.32 Å². The van der Waals surface area contributed by atoms with E-state index in [1.807, 2.05) is 19.9 Å². The van der Waals surface area contributed by atoms with E-state index >= 15 is 0 Å². The molecule has 1 aliphatic rings. The van der Waals surface area contributed by atoms with Crippen LogP contribution in [0.3, 0.4) is 0 Å². The van der Waals surface area contributed by atoms with Crippen molar-refractivity contribution in [3.63, 3.8) is 0 Å². The lowest BCUT2D eigenvalue weighted by molar-refractivity contribution is -0.128. The lowest BCUT2D eigenvalue weighted by Gasteiger charge is -2.35. The zero-order valence-electron chi connectivity index (χ0n) is 16.7. The van der Waals surface area contributed by atoms with Crippen molar-refractivity contribution >= 4 is 21.6 Å². The van der Waals surface area contributed by atoms with E-state index in [0.717, 1.165) is 11.1 Å². The van der Waals surface area contributed by atoms with Crippen LogP contribution in [0.1, 0.15) is 16.9 Å². The van der Waals surface area contributed by atoms with E-state index in [4.69, 9.17) is 9.15 Å². The summed E-state index contributed by atoms with van der Waals surface area (Å²) in [5.41, 5.74) is 2.27. The van der Waals surface area contributed by atoms with Gasteiger partial charge in [0.2, 0.25) is 0 Å². The molecular formula is C22H22N2O5S. The van der Waals surface area contributed by atoms with E-state index in [1.54, 1.807) is 48.5 Å². The van der Waals surface area contributed by atoms with Gasteiger partial charge in [-0.3, -0.25) is 9.10 Å². The molecule has 1 amide bonds. The van der Waals surface area contributed by atoms with Gasteiger partial charge >= 0.3 is 0 Å². The van der Waals surface area contributed by atoms with Crippen LogP contribution in [0.5, 0.6) is 5.75 Å². The topological polar surface area (TPSA) is 88.9 Å². The van der Waals surface area contributed by atoms with Crippen LogP contribution in [0.2, 0.25) is 0 Å². The van der Waals surface area contributed by atoms with Crippen LogP contribution in [0.25, 0.3) is 0 Å². The van der Waals surface area contributed by atoms with Crippen molar-refractivity contribution in [3.8, 4) is 5.75 Å². The van der Waals surface area contributed by atoms with Crippen LogP contribution in [0, 0.1) is 13.8 Å². The number of nitrogens with zero attached hydrogens (tertiary/aromatic N) is 1. The third-order valence-corrected chi connectivity index (χ3v) is 6.70. The average Bonchev–Trinajstić information content (AvgIpc) is 3.25. The van der Waals surface area contributed by atoms with Crippen LogP contribution in [-0.4, -0.2) is 27.0 Å². The Kier molecular flexibility index (Phi) is 5.26. The zero-order valence-corrected chi connectivity index (χ0v) is 17.5. The first-order chi connectivity index (χ1) is 14.3. The third kappa shape index (κ3) is 3.91. The first kappa shape index (κ1) is 20.0. The summed E-state index contributed by atoms with van der Waals surface area (Å²) in [7, 11) is -3.87. The molecule has 4 rings (SSSR count). The molecule has 0 aliphatic carbocycles. The Morgan fingerprint density at radius 2 is 1.83 bits per heavy atom. The van der Waals surface area contributed by atoms with Crippen LogP contribution >= 0.6 is 0 Å². The SMILES string of the molecule is Cc1ccc(S(=O)(=O)N2CC(C(=O)NCc3ccco3)Oc3cc(C)ccc32)cc1. The Hall–Kier alpha value is -3.26. The summed E-state index contributed by atoms with van der Waals surface area (Å²) in [6.45, 7) is 3.83. The molecule has 0 bridgehead atoms. The number of carbonyl (C=O) groups excluding carboxylic acids is 1. The fraction of sp³-hybridized carbons (Fsp3) is 0.227. The second-order valence-corrected chi connectivity index (χ2v) is 9.09. The first-order valence-electron chi connectivity index (χ1n) is 9.51. The number of aryl methyl sites for hydroxylation is 2. The van der Waals surface area contributed by atoms with E-state index < -0.39 is 22.0 Å². The Morgan fingerprint density at radius 3 is 2.53 bits per heavy atom. The molecule has 0 spiro atoms. The van der Waals surface area contributed by atoms with Crippen molar-refractivity contribution in [1.29, 1.82) is 0 Å². The molecular weight excluding hydrogens is 404 g/mol. The largest absolute Gasteiger partial charge is 0.476 e. The molecule has 0 radical (unpaired) electrons. The highest BCUT2D eigenvalue weighted by atomic mass is 32.2. The maximum absolute atomic E-state index is 13.4. The summed E-state index contributed by atoms with van der Waals surface area (Å²) >= 11 is 0. The highest BCUT2D eigenvalue weighted by molar-refractivity contribution is 7.92. The van der Waals surface area contributed by atoms with Crippen molar-refractivity contribution in [2.75, 3.05) is 10.8 Å². The summed E-state index contributed by atoms with van der Waals surface area (Å²) in [5.74, 6) is 0.539. The van der Waals surface area contributed by atoms with E-state index in [-0.39, 0.29) is 18.0 Å². The average molecular weight is 426 g/mol. The summed E-state index contributed by atoms with van der Waals surface area (Å²) in [6.07, 6.45) is 0.530. The van der Waals surface area contributed by atoms with Gasteiger partial charge in [0, 0.05) is 0 Å². The van der Waals surface area contributed by atoms with Gasteiger partial charge in [-0.05, 0) is 55.8 Å². The number of anilines is 1. The summed E-state index contributed by atoms with van der Waals surface area (Å²) < 4.78 is 39.1. The van der Waals surface area contributed by atoms with Gasteiger partial charge in [-0.1, -0.05) is 23.8 Å². The molecule has 1 aliphatic heterocycles. The highest BCUT2D eigenvalue weighted by Crippen LogP contribution is 2.37. The molecule has 8 heteroatoms. The predicted molar refractivity (Wildman–Crippen MR) is 112 cm³/mol. The van der Waals surface area contributed by atoms with Crippen LogP contribution < -0.4 is 14.4 Å². The van der Waals surface area contributed by atoms with Gasteiger partial charge in [-0.15, -0.1) is 0 Å². The van der Waals surface area contributed by atoms with E-state index in [1.165, 1.54) is 10.6 Å². The molecule has 30 heavy (non-hydrogen) atoms. The van der Waals surface area contributed by atoms with Gasteiger partial charge in [0.15, 0.2) is 6.10 Å². The number of ether oxygens (including phenoxy) is 1. The fourth-order valence-corrected chi connectivity index (χ4v) is 4.74. The Morgan fingerprint density at radius 1 is 1.10 bits per heavy atom. The molecule has 156 valence electrons. The molecule has 2 aromatic carbocycles. The number of benzene rings is 2. The number of hydrogen-bond donors (Lipinski definition) is 1. The molecule has 0 fully saturated rings. The number of hydrogen-bond acceptors (Lipinski definition) is 5. The molecule has 2 heterocycles. The lowest BCUT2D eigenvalue weighted by atomic mass is 10.1. The third-order valence-electron chi connectivity index (χ3n) is 4.90. The van der Waals surface area contributed by atoms with Crippen LogP contribution in [0.4, 0.5) is 5.69 Å². The van der Waals surface area contributed by atoms with Gasteiger partial charge in [0.1, 0.15) is 11.5 Å². The summed E-state index contributed by atoms with van der Waals surface area (Å²) in [5, 5.41) is 2.74. The molecule has 1 N–H and O–H groups in total. The van der Waals surface area contributed by atoms with Crippen molar-refractivity contribution in [2.45, 2.75) is 31.4 Å². The van der Waals surface area contributed by atoms with E-state index in [0.29, 0.717) is 17.2 Å². The molecule has 7 nitrogen and oxygen atoms in total. The number of furan rings is 1. The van der Waals surface area contributed by atoms with Crippen molar-refractivity contribution in [3.05, 3.63) is 77.7 Å². The maximum atomic E-state index is 13.4. The van der Waals surface area contributed by atoms with Gasteiger partial charge in [-0.2, -0.15) is 0 Å². The maximum Gasteiger partial charge on any atom is 0.264 e. The second-order valence-electron chi connectivity index (χ2n) is 7.22. The lowest BCUT2D eigenvalue weighted by Crippen LogP contribution is -2.50. The smallest absolute Gasteiger partial charge is 0.264 e. The zero-order chi connectivity index (χ0) is 21.3. The number of rotatable bonds is 5. The molecule has 0 saturated carbocycles. The number of fused-ring (bicyclic) bond motifs is 1. The molecule has 0 saturated heterocycles. The predicted octanol–water partition coefficient (Wildman–Crippen LogP) is 3.17. The molecule has 1 atom stereocenters. The Bertz CT molecular complexity index is 1150. The number of sulfonamides is 1. The van der Waals surface area contributed by atoms with Crippen LogP contribution in [0.15, 0.2) is 70.2 Å². The number of carbonyl (C=O) groups is 1. The fourth-order valence-electron chi connectivity index (χ4n) is 3.26. The molecule has 3 aromatic rings. The van der Waals surface area contributed by atoms with Gasteiger partial charge in [0.25, 0.3) is 15.9 Å². The minimum absolute atomic E-state index is 0.129. The normalized spacial score (nSPS) is 15.9. The Balaban J connectivity index is 1.65. The van der Waals surface area contributed by atoms with Gasteiger partial charge < -0.3 is 14.5 Å². The van der Waals surface area contributed by atoms with E-state index in [9.17, 15) is 13.2 Å². The highest BCUT2D eigenvalue weighted by Gasteiger charge is 2.37. The Labute approximate surface area is 175 Å². The molecule has 1 aromatic heterocycles. The summed E-state index contributed by atoms with van der Waals surface area (Å²) in [6, 6.07) is 15.4.